The van der Waals surface area contributed by atoms with Crippen LogP contribution in [0.5, 0.6) is 0 Å². The Kier molecular flexibility index (Phi) is 3.68. The fraction of sp³-hybridized carbons (Fsp3) is 0.261. The number of aromatic nitrogens is 6. The molecule has 0 atom stereocenters. The molecule has 0 radical (unpaired) electrons. The number of hydrogen-bond acceptors (Lipinski definition) is 5. The van der Waals surface area contributed by atoms with Gasteiger partial charge in [-0.05, 0) is 56.5 Å². The van der Waals surface area contributed by atoms with Crippen molar-refractivity contribution in [2.24, 2.45) is 0 Å². The number of rotatable bonds is 4. The molecule has 31 heavy (non-hydrogen) atoms. The highest BCUT2D eigenvalue weighted by Gasteiger charge is 2.53. The zero-order valence-electron chi connectivity index (χ0n) is 17.3. The van der Waals surface area contributed by atoms with Gasteiger partial charge in [0, 0.05) is 23.2 Å². The van der Waals surface area contributed by atoms with E-state index in [1.165, 1.54) is 11.3 Å². The molecule has 4 aromatic rings. The number of benzene rings is 1. The third-order valence-electron chi connectivity index (χ3n) is 6.26. The predicted molar refractivity (Wildman–Crippen MR) is 115 cm³/mol. The molecule has 2 aliphatic rings. The summed E-state index contributed by atoms with van der Waals surface area (Å²) in [6.45, 7) is 4.12. The van der Waals surface area contributed by atoms with Crippen molar-refractivity contribution in [3.05, 3.63) is 72.1 Å². The number of carbonyl (C=O) groups excluding carboxylic acids is 1. The van der Waals surface area contributed by atoms with Crippen LogP contribution in [0.25, 0.3) is 17.2 Å². The topological polar surface area (TPSA) is 90.5 Å². The smallest absolute Gasteiger partial charge is 0.256 e. The molecule has 1 amide bonds. The molecule has 154 valence electrons. The molecule has 3 aromatic heterocycles. The molecule has 1 spiro atoms. The normalized spacial score (nSPS) is 15.2. The van der Waals surface area contributed by atoms with Gasteiger partial charge < -0.3 is 14.5 Å². The summed E-state index contributed by atoms with van der Waals surface area (Å²) >= 11 is 0. The SMILES string of the molecule is CC(C)n1cnnc1-c1cccc(NC(=O)c2ccc3c(c2)-n2cncc2C32CC2)n1. The lowest BCUT2D eigenvalue weighted by Crippen LogP contribution is -2.14. The molecule has 4 heterocycles. The highest BCUT2D eigenvalue weighted by molar-refractivity contribution is 6.04. The molecular formula is C23H21N7O. The van der Waals surface area contributed by atoms with Crippen molar-refractivity contribution in [3.63, 3.8) is 0 Å². The minimum Gasteiger partial charge on any atom is -0.310 e. The summed E-state index contributed by atoms with van der Waals surface area (Å²) in [6, 6.07) is 11.6. The van der Waals surface area contributed by atoms with Crippen LogP contribution < -0.4 is 5.32 Å². The monoisotopic (exact) mass is 411 g/mol. The number of nitrogens with one attached hydrogen (secondary N) is 1. The molecule has 6 rings (SSSR count). The number of imidazole rings is 1. The zero-order chi connectivity index (χ0) is 21.2. The van der Waals surface area contributed by atoms with Gasteiger partial charge in [0.05, 0.1) is 17.7 Å². The molecule has 8 nitrogen and oxygen atoms in total. The maximum Gasteiger partial charge on any atom is 0.256 e. The summed E-state index contributed by atoms with van der Waals surface area (Å²) in [4.78, 5) is 21.9. The van der Waals surface area contributed by atoms with Gasteiger partial charge in [-0.2, -0.15) is 0 Å². The number of amides is 1. The first kappa shape index (κ1) is 18.0. The minimum atomic E-state index is -0.198. The van der Waals surface area contributed by atoms with Crippen LogP contribution in [0.1, 0.15) is 54.3 Å². The molecule has 1 aromatic carbocycles. The van der Waals surface area contributed by atoms with Crippen molar-refractivity contribution >= 4 is 11.7 Å². The Labute approximate surface area is 179 Å². The van der Waals surface area contributed by atoms with E-state index in [9.17, 15) is 4.79 Å². The number of pyridine rings is 1. The van der Waals surface area contributed by atoms with E-state index in [-0.39, 0.29) is 17.4 Å². The molecular weight excluding hydrogens is 390 g/mol. The van der Waals surface area contributed by atoms with Gasteiger partial charge in [-0.3, -0.25) is 4.79 Å². The maximum atomic E-state index is 13.0. The van der Waals surface area contributed by atoms with Crippen LogP contribution >= 0.6 is 0 Å². The number of nitrogens with zero attached hydrogens (tertiary/aromatic N) is 6. The van der Waals surface area contributed by atoms with Crippen molar-refractivity contribution < 1.29 is 4.79 Å². The molecule has 1 fully saturated rings. The van der Waals surface area contributed by atoms with E-state index >= 15 is 0 Å². The standard InChI is InChI=1S/C23H21N7O/c1-14(2)29-13-25-28-21(29)17-4-3-5-20(26-17)27-22(31)15-6-7-16-18(10-15)30-12-24-11-19(30)23(16)8-9-23/h3-7,10-14H,8-9H2,1-2H3,(H,26,27,31). The van der Waals surface area contributed by atoms with Gasteiger partial charge in [0.1, 0.15) is 17.8 Å². The Morgan fingerprint density at radius 1 is 1.16 bits per heavy atom. The second-order valence-corrected chi connectivity index (χ2v) is 8.48. The Morgan fingerprint density at radius 2 is 2.03 bits per heavy atom. The molecule has 8 heteroatoms. The van der Waals surface area contributed by atoms with Gasteiger partial charge in [-0.15, -0.1) is 10.2 Å². The fourth-order valence-electron chi connectivity index (χ4n) is 4.53. The van der Waals surface area contributed by atoms with Crippen LogP contribution in [0.3, 0.4) is 0 Å². The summed E-state index contributed by atoms with van der Waals surface area (Å²) in [5.41, 5.74) is 4.91. The van der Waals surface area contributed by atoms with Crippen LogP contribution in [0.2, 0.25) is 0 Å². The maximum absolute atomic E-state index is 13.0. The molecule has 0 bridgehead atoms. The molecule has 1 N–H and O–H groups in total. The molecule has 1 aliphatic heterocycles. The number of carbonyl (C=O) groups is 1. The number of fused-ring (bicyclic) bond motifs is 5. The Hall–Kier alpha value is -3.81. The number of hydrogen-bond donors (Lipinski definition) is 1. The Bertz CT molecular complexity index is 1330. The van der Waals surface area contributed by atoms with Gasteiger partial charge in [-0.1, -0.05) is 12.1 Å². The summed E-state index contributed by atoms with van der Waals surface area (Å²) in [5, 5.41) is 11.1. The zero-order valence-corrected chi connectivity index (χ0v) is 17.3. The minimum absolute atomic E-state index is 0.100. The van der Waals surface area contributed by atoms with Gasteiger partial charge in [-0.25, -0.2) is 9.97 Å². The lowest BCUT2D eigenvalue weighted by Gasteiger charge is -2.11. The van der Waals surface area contributed by atoms with E-state index in [2.05, 4.69) is 50.0 Å². The van der Waals surface area contributed by atoms with E-state index in [0.29, 0.717) is 22.9 Å². The first-order chi connectivity index (χ1) is 15.1. The predicted octanol–water partition coefficient (Wildman–Crippen LogP) is 3.75. The van der Waals surface area contributed by atoms with Crippen LogP contribution in [0.15, 0.2) is 55.2 Å². The quantitative estimate of drug-likeness (QED) is 0.552. The van der Waals surface area contributed by atoms with Crippen LogP contribution in [0.4, 0.5) is 5.82 Å². The average molecular weight is 411 g/mol. The summed E-state index contributed by atoms with van der Waals surface area (Å²) < 4.78 is 4.06. The van der Waals surface area contributed by atoms with Crippen LogP contribution in [-0.4, -0.2) is 35.2 Å². The summed E-state index contributed by atoms with van der Waals surface area (Å²) in [7, 11) is 0. The van der Waals surface area contributed by atoms with E-state index in [4.69, 9.17) is 0 Å². The highest BCUT2D eigenvalue weighted by atomic mass is 16.1. The van der Waals surface area contributed by atoms with E-state index in [1.54, 1.807) is 12.4 Å². The van der Waals surface area contributed by atoms with Gasteiger partial charge in [0.15, 0.2) is 5.82 Å². The second-order valence-electron chi connectivity index (χ2n) is 8.48. The third kappa shape index (κ3) is 2.64. The summed E-state index contributed by atoms with van der Waals surface area (Å²) in [6.07, 6.45) is 7.73. The first-order valence-corrected chi connectivity index (χ1v) is 10.4. The lowest BCUT2D eigenvalue weighted by atomic mass is 9.94. The summed E-state index contributed by atoms with van der Waals surface area (Å²) in [5.74, 6) is 0.950. The largest absolute Gasteiger partial charge is 0.310 e. The van der Waals surface area contributed by atoms with Crippen LogP contribution in [-0.2, 0) is 5.41 Å². The van der Waals surface area contributed by atoms with Gasteiger partial charge in [0.2, 0.25) is 0 Å². The molecule has 1 aliphatic carbocycles. The fourth-order valence-corrected chi connectivity index (χ4v) is 4.53. The average Bonchev–Trinajstić information content (AvgIpc) is 3.14. The van der Waals surface area contributed by atoms with Crippen molar-refractivity contribution in [3.8, 4) is 17.2 Å². The molecule has 1 saturated carbocycles. The second kappa shape index (κ2) is 6.34. The lowest BCUT2D eigenvalue weighted by molar-refractivity contribution is 0.102. The van der Waals surface area contributed by atoms with Crippen molar-refractivity contribution in [2.45, 2.75) is 38.1 Å². The first-order valence-electron chi connectivity index (χ1n) is 10.4. The third-order valence-corrected chi connectivity index (χ3v) is 6.26. The number of anilines is 1. The van der Waals surface area contributed by atoms with Gasteiger partial charge >= 0.3 is 0 Å². The Morgan fingerprint density at radius 3 is 2.84 bits per heavy atom. The molecule has 0 unspecified atom stereocenters. The highest BCUT2D eigenvalue weighted by Crippen LogP contribution is 2.59. The van der Waals surface area contributed by atoms with Crippen molar-refractivity contribution in [1.29, 1.82) is 0 Å². The molecule has 0 saturated heterocycles. The van der Waals surface area contributed by atoms with Crippen molar-refractivity contribution in [2.75, 3.05) is 5.32 Å². The van der Waals surface area contributed by atoms with Gasteiger partial charge in [0.25, 0.3) is 5.91 Å². The Balaban J connectivity index is 1.30. The van der Waals surface area contributed by atoms with E-state index < -0.39 is 0 Å². The van der Waals surface area contributed by atoms with E-state index in [1.807, 2.05) is 41.4 Å². The van der Waals surface area contributed by atoms with Crippen LogP contribution in [0, 0.1) is 0 Å². The van der Waals surface area contributed by atoms with Crippen molar-refractivity contribution in [1.82, 2.24) is 29.3 Å². The van der Waals surface area contributed by atoms with E-state index in [0.717, 1.165) is 18.5 Å².